The van der Waals surface area contributed by atoms with E-state index in [0.717, 1.165) is 18.2 Å². The van der Waals surface area contributed by atoms with Crippen LogP contribution in [0, 0.1) is 11.6 Å². The van der Waals surface area contributed by atoms with Gasteiger partial charge in [0.2, 0.25) is 0 Å². The lowest BCUT2D eigenvalue weighted by atomic mass is 9.93. The van der Waals surface area contributed by atoms with Crippen molar-refractivity contribution in [3.8, 4) is 0 Å². The van der Waals surface area contributed by atoms with Crippen molar-refractivity contribution in [3.05, 3.63) is 35.4 Å². The molecule has 1 heterocycles. The summed E-state index contributed by atoms with van der Waals surface area (Å²) in [5.74, 6) is -0.963. The third-order valence-electron chi connectivity index (χ3n) is 2.22. The van der Waals surface area contributed by atoms with Gasteiger partial charge >= 0.3 is 0 Å². The fourth-order valence-corrected chi connectivity index (χ4v) is 1.39. The summed E-state index contributed by atoms with van der Waals surface area (Å²) in [4.78, 5) is 3.86. The molecule has 0 bridgehead atoms. The molecule has 2 nitrogen and oxygen atoms in total. The van der Waals surface area contributed by atoms with E-state index in [9.17, 15) is 8.78 Å². The van der Waals surface area contributed by atoms with Gasteiger partial charge in [0.05, 0.1) is 0 Å². The van der Waals surface area contributed by atoms with Crippen molar-refractivity contribution in [2.75, 3.05) is 6.61 Å². The second-order valence-electron chi connectivity index (χ2n) is 3.39. The average molecular weight is 196 g/mol. The Labute approximate surface area is 80.2 Å². The topological polar surface area (TPSA) is 21.6 Å². The number of nitrogens with zero attached hydrogens (tertiary/aromatic N) is 1. The van der Waals surface area contributed by atoms with E-state index in [1.165, 1.54) is 0 Å². The third-order valence-corrected chi connectivity index (χ3v) is 2.22. The second-order valence-corrected chi connectivity index (χ2v) is 3.39. The molecule has 1 aromatic carbocycles. The third kappa shape index (κ3) is 1.36. The number of hydrogen-bond donors (Lipinski definition) is 0. The molecule has 1 aliphatic heterocycles. The Morgan fingerprint density at radius 2 is 2.29 bits per heavy atom. The quantitative estimate of drug-likeness (QED) is 0.674. The Morgan fingerprint density at radius 1 is 1.50 bits per heavy atom. The van der Waals surface area contributed by atoms with E-state index >= 15 is 0 Å². The maximum atomic E-state index is 13.4. The first kappa shape index (κ1) is 9.12. The van der Waals surface area contributed by atoms with E-state index in [0.29, 0.717) is 0 Å². The molecule has 1 unspecified atom stereocenters. The van der Waals surface area contributed by atoms with Crippen LogP contribution in [0.3, 0.4) is 0 Å². The number of aliphatic imine (C=N–C) groups is 1. The summed E-state index contributed by atoms with van der Waals surface area (Å²) in [6.07, 6.45) is 2.29. The molecule has 1 atom stereocenters. The Hall–Kier alpha value is -1.45. The molecule has 4 heteroatoms. The van der Waals surface area contributed by atoms with Gasteiger partial charge in [0.1, 0.15) is 23.8 Å². The summed E-state index contributed by atoms with van der Waals surface area (Å²) in [6.45, 7) is 1.86. The first-order valence-corrected chi connectivity index (χ1v) is 4.16. The van der Waals surface area contributed by atoms with E-state index in [4.69, 9.17) is 4.74 Å². The van der Waals surface area contributed by atoms with Crippen LogP contribution in [0.25, 0.3) is 0 Å². The van der Waals surface area contributed by atoms with Gasteiger partial charge in [-0.15, -0.1) is 0 Å². The smallest absolute Gasteiger partial charge is 0.274 e. The molecule has 0 aromatic heterocycles. The highest BCUT2D eigenvalue weighted by atomic mass is 19.1. The number of halogens is 2. The van der Waals surface area contributed by atoms with E-state index < -0.39 is 17.2 Å². The van der Waals surface area contributed by atoms with Crippen LogP contribution in [0.5, 0.6) is 0 Å². The van der Waals surface area contributed by atoms with Crippen molar-refractivity contribution in [1.82, 2.24) is 0 Å². The van der Waals surface area contributed by atoms with Crippen LogP contribution in [0.2, 0.25) is 0 Å². The monoisotopic (exact) mass is 196 g/mol. The first-order chi connectivity index (χ1) is 6.62. The van der Waals surface area contributed by atoms with Gasteiger partial charge in [-0.3, -0.25) is 0 Å². The van der Waals surface area contributed by atoms with Gasteiger partial charge in [-0.05, 0) is 25.1 Å². The fourth-order valence-electron chi connectivity index (χ4n) is 1.39. The van der Waals surface area contributed by atoms with Crippen LogP contribution in [0.1, 0.15) is 12.5 Å². The largest absolute Gasteiger partial charge is 0.471 e. The molecule has 14 heavy (non-hydrogen) atoms. The van der Waals surface area contributed by atoms with Gasteiger partial charge in [0.25, 0.3) is 6.40 Å². The summed E-state index contributed by atoms with van der Waals surface area (Å²) in [7, 11) is 0. The van der Waals surface area contributed by atoms with Gasteiger partial charge in [0.15, 0.2) is 0 Å². The van der Waals surface area contributed by atoms with Crippen LogP contribution < -0.4 is 0 Å². The normalized spacial score (nSPS) is 25.1. The van der Waals surface area contributed by atoms with E-state index in [1.54, 1.807) is 6.92 Å². The van der Waals surface area contributed by atoms with Gasteiger partial charge in [-0.2, -0.15) is 0 Å². The van der Waals surface area contributed by atoms with Crippen LogP contribution in [0.15, 0.2) is 23.2 Å². The van der Waals surface area contributed by atoms with Crippen molar-refractivity contribution < 1.29 is 13.5 Å². The maximum absolute atomic E-state index is 13.4. The predicted octanol–water partition coefficient (Wildman–Crippen LogP) is 2.12. The molecular formula is C10H8F2NO. The summed E-state index contributed by atoms with van der Waals surface area (Å²) in [5.41, 5.74) is -0.658. The molecule has 2 rings (SSSR count). The summed E-state index contributed by atoms with van der Waals surface area (Å²) >= 11 is 0. The number of rotatable bonds is 1. The summed E-state index contributed by atoms with van der Waals surface area (Å²) in [6, 6.07) is 3.30. The molecule has 1 radical (unpaired) electrons. The molecule has 1 aliphatic rings. The fraction of sp³-hybridized carbons (Fsp3) is 0.300. The van der Waals surface area contributed by atoms with Crippen LogP contribution >= 0.6 is 0 Å². The van der Waals surface area contributed by atoms with Gasteiger partial charge in [-0.1, -0.05) is 0 Å². The molecule has 73 valence electrons. The van der Waals surface area contributed by atoms with E-state index in [-0.39, 0.29) is 12.2 Å². The molecule has 1 aromatic rings. The molecule has 0 spiro atoms. The number of ether oxygens (including phenoxy) is 1. The lowest BCUT2D eigenvalue weighted by Gasteiger charge is -2.19. The first-order valence-electron chi connectivity index (χ1n) is 4.16. The lowest BCUT2D eigenvalue weighted by molar-refractivity contribution is 0.271. The maximum Gasteiger partial charge on any atom is 0.274 e. The van der Waals surface area contributed by atoms with Crippen molar-refractivity contribution in [3.63, 3.8) is 0 Å². The van der Waals surface area contributed by atoms with Crippen molar-refractivity contribution in [2.45, 2.75) is 12.5 Å². The van der Waals surface area contributed by atoms with Gasteiger partial charge in [-0.25, -0.2) is 13.8 Å². The van der Waals surface area contributed by atoms with Crippen LogP contribution in [-0.4, -0.2) is 13.0 Å². The van der Waals surface area contributed by atoms with Crippen molar-refractivity contribution in [2.24, 2.45) is 4.99 Å². The number of hydrogen-bond acceptors (Lipinski definition) is 2. The summed E-state index contributed by atoms with van der Waals surface area (Å²) in [5, 5.41) is 0. The highest BCUT2D eigenvalue weighted by molar-refractivity contribution is 5.52. The Kier molecular flexibility index (Phi) is 1.98. The highest BCUT2D eigenvalue weighted by Crippen LogP contribution is 2.30. The molecular weight excluding hydrogens is 188 g/mol. The van der Waals surface area contributed by atoms with Crippen molar-refractivity contribution >= 4 is 6.40 Å². The Morgan fingerprint density at radius 3 is 2.93 bits per heavy atom. The minimum Gasteiger partial charge on any atom is -0.471 e. The SMILES string of the molecule is CC1(c2cc(F)ccc2F)CO[C]=N1. The summed E-state index contributed by atoms with van der Waals surface area (Å²) < 4.78 is 31.1. The highest BCUT2D eigenvalue weighted by Gasteiger charge is 2.33. The molecule has 0 aliphatic carbocycles. The van der Waals surface area contributed by atoms with Crippen LogP contribution in [0.4, 0.5) is 8.78 Å². The molecule has 0 N–H and O–H groups in total. The Bertz CT molecular complexity index is 392. The predicted molar refractivity (Wildman–Crippen MR) is 47.1 cm³/mol. The zero-order chi connectivity index (χ0) is 10.2. The van der Waals surface area contributed by atoms with E-state index in [1.807, 2.05) is 0 Å². The molecule has 0 saturated heterocycles. The minimum atomic E-state index is -0.855. The van der Waals surface area contributed by atoms with Crippen LogP contribution in [-0.2, 0) is 10.3 Å². The average Bonchev–Trinajstić information content (AvgIpc) is 2.58. The lowest BCUT2D eigenvalue weighted by Crippen LogP contribution is -2.22. The molecule has 0 saturated carbocycles. The van der Waals surface area contributed by atoms with Gasteiger partial charge < -0.3 is 4.74 Å². The zero-order valence-corrected chi connectivity index (χ0v) is 7.55. The van der Waals surface area contributed by atoms with E-state index in [2.05, 4.69) is 11.4 Å². The molecule has 0 fully saturated rings. The zero-order valence-electron chi connectivity index (χ0n) is 7.55. The van der Waals surface area contributed by atoms with Crippen molar-refractivity contribution in [1.29, 1.82) is 0 Å². The second kappa shape index (κ2) is 3.04. The molecule has 0 amide bonds. The Balaban J connectivity index is 2.49. The van der Waals surface area contributed by atoms with Gasteiger partial charge in [0, 0.05) is 5.56 Å². The number of benzene rings is 1. The minimum absolute atomic E-state index is 0.188. The standard InChI is InChI=1S/C10H8F2NO/c1-10(5-14-6-13-10)8-4-7(11)2-3-9(8)12/h2-4H,5H2,1H3.